The van der Waals surface area contributed by atoms with Crippen LogP contribution in [0.5, 0.6) is 0 Å². The molecule has 0 aromatic rings. The van der Waals surface area contributed by atoms with Crippen LogP contribution in [0.25, 0.3) is 0 Å². The van der Waals surface area contributed by atoms with Crippen molar-refractivity contribution in [3.63, 3.8) is 0 Å². The first-order valence-electron chi connectivity index (χ1n) is 4.59. The molecule has 0 spiro atoms. The summed E-state index contributed by atoms with van der Waals surface area (Å²) in [6.07, 6.45) is 5.95. The van der Waals surface area contributed by atoms with E-state index < -0.39 is 14.8 Å². The number of primary sulfonamides is 1. The normalized spacial score (nSPS) is 29.1. The van der Waals surface area contributed by atoms with Crippen molar-refractivity contribution in [2.45, 2.75) is 43.3 Å². The fourth-order valence-electron chi connectivity index (χ4n) is 2.38. The average Bonchev–Trinajstić information content (AvgIpc) is 1.68. The van der Waals surface area contributed by atoms with Gasteiger partial charge in [-0.15, -0.1) is 0 Å². The lowest BCUT2D eigenvalue weighted by atomic mass is 9.66. The van der Waals surface area contributed by atoms with Crippen molar-refractivity contribution >= 4 is 10.0 Å². The monoisotopic (exact) mass is 189 g/mol. The largest absolute Gasteiger partial charge is 0.228 e. The number of nitrogens with two attached hydrogens (primary N) is 1. The first kappa shape index (κ1) is 8.51. The predicted octanol–water partition coefficient (Wildman–Crippen LogP) is 0.998. The Bertz CT molecular complexity index is 275. The van der Waals surface area contributed by atoms with Crippen LogP contribution < -0.4 is 5.14 Å². The minimum atomic E-state index is -3.29. The molecule has 70 valence electrons. The Morgan fingerprint density at radius 3 is 1.83 bits per heavy atom. The molecule has 2 N–H and O–H groups in total. The van der Waals surface area contributed by atoms with Gasteiger partial charge in [-0.1, -0.05) is 12.8 Å². The van der Waals surface area contributed by atoms with Crippen molar-refractivity contribution in [2.24, 2.45) is 11.1 Å². The lowest BCUT2D eigenvalue weighted by Crippen LogP contribution is -2.56. The van der Waals surface area contributed by atoms with Crippen LogP contribution in [-0.4, -0.2) is 13.2 Å². The maximum atomic E-state index is 11.3. The number of hydrogen-bond donors (Lipinski definition) is 1. The quantitative estimate of drug-likeness (QED) is 0.704. The first-order valence-corrected chi connectivity index (χ1v) is 6.13. The van der Waals surface area contributed by atoms with E-state index in [-0.39, 0.29) is 0 Å². The molecule has 2 aliphatic rings. The predicted molar refractivity (Wildman–Crippen MR) is 47.0 cm³/mol. The first-order chi connectivity index (χ1) is 5.56. The van der Waals surface area contributed by atoms with E-state index in [2.05, 4.69) is 0 Å². The van der Waals surface area contributed by atoms with Crippen LogP contribution in [0.2, 0.25) is 0 Å². The lowest BCUT2D eigenvalue weighted by Gasteiger charge is -2.49. The highest BCUT2D eigenvalue weighted by atomic mass is 32.2. The van der Waals surface area contributed by atoms with Gasteiger partial charge in [0.05, 0.1) is 4.75 Å². The highest BCUT2D eigenvalue weighted by Crippen LogP contribution is 2.51. The Hall–Kier alpha value is -0.0900. The van der Waals surface area contributed by atoms with Crippen LogP contribution in [0.3, 0.4) is 0 Å². The van der Waals surface area contributed by atoms with Gasteiger partial charge in [0.15, 0.2) is 0 Å². The van der Waals surface area contributed by atoms with E-state index in [4.69, 9.17) is 5.14 Å². The highest BCUT2D eigenvalue weighted by molar-refractivity contribution is 7.90. The summed E-state index contributed by atoms with van der Waals surface area (Å²) in [5, 5.41) is 5.26. The maximum absolute atomic E-state index is 11.3. The zero-order valence-corrected chi connectivity index (χ0v) is 7.94. The molecule has 0 bridgehead atoms. The second-order valence-corrected chi connectivity index (χ2v) is 5.99. The summed E-state index contributed by atoms with van der Waals surface area (Å²) in [5.74, 6) is 0.376. The van der Waals surface area contributed by atoms with Gasteiger partial charge in [0.2, 0.25) is 10.0 Å². The van der Waals surface area contributed by atoms with Crippen molar-refractivity contribution in [1.29, 1.82) is 0 Å². The van der Waals surface area contributed by atoms with Gasteiger partial charge in [0.1, 0.15) is 0 Å². The Morgan fingerprint density at radius 1 is 1.17 bits per heavy atom. The van der Waals surface area contributed by atoms with Gasteiger partial charge in [0.25, 0.3) is 0 Å². The molecule has 2 aliphatic carbocycles. The van der Waals surface area contributed by atoms with E-state index in [0.29, 0.717) is 5.92 Å². The molecule has 0 amide bonds. The molecule has 0 unspecified atom stereocenters. The second kappa shape index (κ2) is 2.45. The molecular formula is C8H15NO2S. The molecule has 2 fully saturated rings. The van der Waals surface area contributed by atoms with Gasteiger partial charge in [-0.2, -0.15) is 0 Å². The van der Waals surface area contributed by atoms with Crippen LogP contribution in [0.15, 0.2) is 0 Å². The average molecular weight is 189 g/mol. The summed E-state index contributed by atoms with van der Waals surface area (Å²) in [5.41, 5.74) is 0. The SMILES string of the molecule is NS(=O)(=O)C1(C2CCC2)CCC1. The van der Waals surface area contributed by atoms with E-state index in [1.54, 1.807) is 0 Å². The van der Waals surface area contributed by atoms with Crippen LogP contribution >= 0.6 is 0 Å². The van der Waals surface area contributed by atoms with Crippen molar-refractivity contribution in [3.05, 3.63) is 0 Å². The molecule has 0 aliphatic heterocycles. The van der Waals surface area contributed by atoms with Gasteiger partial charge in [-0.05, 0) is 31.6 Å². The Balaban J connectivity index is 2.24. The van der Waals surface area contributed by atoms with E-state index in [0.717, 1.165) is 32.1 Å². The van der Waals surface area contributed by atoms with Gasteiger partial charge >= 0.3 is 0 Å². The number of hydrogen-bond acceptors (Lipinski definition) is 2. The fraction of sp³-hybridized carbons (Fsp3) is 1.00. The summed E-state index contributed by atoms with van der Waals surface area (Å²) in [4.78, 5) is 0. The van der Waals surface area contributed by atoms with Crippen molar-refractivity contribution in [2.75, 3.05) is 0 Å². The van der Waals surface area contributed by atoms with Gasteiger partial charge < -0.3 is 0 Å². The van der Waals surface area contributed by atoms with E-state index in [1.807, 2.05) is 0 Å². The molecule has 3 nitrogen and oxygen atoms in total. The summed E-state index contributed by atoms with van der Waals surface area (Å²) in [6.45, 7) is 0. The van der Waals surface area contributed by atoms with Crippen LogP contribution in [0.1, 0.15) is 38.5 Å². The minimum Gasteiger partial charge on any atom is -0.228 e. The molecule has 0 atom stereocenters. The molecule has 12 heavy (non-hydrogen) atoms. The standard InChI is InChI=1S/C8H15NO2S/c9-12(10,11)8(5-2-6-8)7-3-1-4-7/h7H,1-6H2,(H2,9,10,11). The molecule has 0 aromatic heterocycles. The Kier molecular flexibility index (Phi) is 1.74. The van der Waals surface area contributed by atoms with E-state index in [1.165, 1.54) is 6.42 Å². The fourth-order valence-corrected chi connectivity index (χ4v) is 3.94. The Labute approximate surface area is 73.4 Å². The topological polar surface area (TPSA) is 60.2 Å². The van der Waals surface area contributed by atoms with Crippen molar-refractivity contribution < 1.29 is 8.42 Å². The molecule has 0 heterocycles. The summed E-state index contributed by atoms with van der Waals surface area (Å²) in [7, 11) is -3.29. The molecule has 0 aromatic carbocycles. The zero-order chi connectivity index (χ0) is 8.82. The third-order valence-corrected chi connectivity index (χ3v) is 5.49. The molecule has 4 heteroatoms. The molecular weight excluding hydrogens is 174 g/mol. The molecule has 0 radical (unpaired) electrons. The van der Waals surface area contributed by atoms with Crippen LogP contribution in [0, 0.1) is 5.92 Å². The lowest BCUT2D eigenvalue weighted by molar-refractivity contribution is 0.153. The van der Waals surface area contributed by atoms with E-state index >= 15 is 0 Å². The number of sulfonamides is 1. The van der Waals surface area contributed by atoms with Gasteiger partial charge in [0, 0.05) is 0 Å². The van der Waals surface area contributed by atoms with Crippen LogP contribution in [-0.2, 0) is 10.0 Å². The number of rotatable bonds is 2. The zero-order valence-electron chi connectivity index (χ0n) is 7.12. The third-order valence-electron chi connectivity index (χ3n) is 3.62. The second-order valence-electron chi connectivity index (χ2n) is 4.09. The molecule has 2 saturated carbocycles. The van der Waals surface area contributed by atoms with Gasteiger partial charge in [-0.25, -0.2) is 13.6 Å². The minimum absolute atomic E-state index is 0.376. The summed E-state index contributed by atoms with van der Waals surface area (Å²) in [6, 6.07) is 0. The third kappa shape index (κ3) is 0.941. The Morgan fingerprint density at radius 2 is 1.75 bits per heavy atom. The van der Waals surface area contributed by atoms with E-state index in [9.17, 15) is 8.42 Å². The van der Waals surface area contributed by atoms with Crippen molar-refractivity contribution in [1.82, 2.24) is 0 Å². The molecule has 2 rings (SSSR count). The van der Waals surface area contributed by atoms with Crippen molar-refractivity contribution in [3.8, 4) is 0 Å². The molecule has 0 saturated heterocycles. The smallest absolute Gasteiger partial charge is 0.215 e. The van der Waals surface area contributed by atoms with Crippen LogP contribution in [0.4, 0.5) is 0 Å². The maximum Gasteiger partial charge on any atom is 0.215 e. The summed E-state index contributed by atoms with van der Waals surface area (Å²) >= 11 is 0. The highest BCUT2D eigenvalue weighted by Gasteiger charge is 2.54. The van der Waals surface area contributed by atoms with Gasteiger partial charge in [-0.3, -0.25) is 0 Å². The summed E-state index contributed by atoms with van der Waals surface area (Å²) < 4.78 is 22.2.